The lowest BCUT2D eigenvalue weighted by Crippen LogP contribution is -2.28. The van der Waals surface area contributed by atoms with E-state index in [0.29, 0.717) is 6.61 Å². The average Bonchev–Trinajstić information content (AvgIpc) is 2.25. The second kappa shape index (κ2) is 6.83. The Morgan fingerprint density at radius 2 is 2.38 bits per heavy atom. The highest BCUT2D eigenvalue weighted by Crippen LogP contribution is 2.22. The van der Waals surface area contributed by atoms with E-state index in [1.165, 1.54) is 5.56 Å². The van der Waals surface area contributed by atoms with Crippen LogP contribution in [0.1, 0.15) is 12.0 Å². The Morgan fingerprint density at radius 3 is 3.06 bits per heavy atom. The van der Waals surface area contributed by atoms with Gasteiger partial charge >= 0.3 is 0 Å². The van der Waals surface area contributed by atoms with Crippen LogP contribution in [0.3, 0.4) is 0 Å². The summed E-state index contributed by atoms with van der Waals surface area (Å²) < 4.78 is 5.98. The molecule has 0 fully saturated rings. The number of aryl methyl sites for hydroxylation is 1. The highest BCUT2D eigenvalue weighted by molar-refractivity contribution is 9.10. The first kappa shape index (κ1) is 13.4. The lowest BCUT2D eigenvalue weighted by atomic mass is 10.2. The van der Waals surface area contributed by atoms with Gasteiger partial charge < -0.3 is 15.8 Å². The molecule has 0 bridgehead atoms. The van der Waals surface area contributed by atoms with Gasteiger partial charge in [0.1, 0.15) is 5.82 Å². The van der Waals surface area contributed by atoms with Crippen LogP contribution in [0.5, 0.6) is 0 Å². The summed E-state index contributed by atoms with van der Waals surface area (Å²) in [6.45, 7) is 3.41. The Labute approximate surface area is 105 Å². The molecule has 0 aliphatic heterocycles. The van der Waals surface area contributed by atoms with Crippen LogP contribution in [0.15, 0.2) is 16.7 Å². The molecule has 0 spiro atoms. The molecule has 1 aromatic rings. The zero-order valence-electron chi connectivity index (χ0n) is 9.66. The third-order valence-electron chi connectivity index (χ3n) is 2.27. The van der Waals surface area contributed by atoms with Crippen LogP contribution < -0.4 is 11.1 Å². The van der Waals surface area contributed by atoms with E-state index < -0.39 is 0 Å². The molecular formula is C11H18BrN3O. The molecule has 16 heavy (non-hydrogen) atoms. The predicted octanol–water partition coefficient (Wildman–Crippen LogP) is 1.93. The summed E-state index contributed by atoms with van der Waals surface area (Å²) in [7, 11) is 1.66. The van der Waals surface area contributed by atoms with E-state index in [2.05, 4.69) is 26.2 Å². The Hall–Kier alpha value is -0.650. The molecule has 1 heterocycles. The summed E-state index contributed by atoms with van der Waals surface area (Å²) in [6.07, 6.45) is 2.65. The van der Waals surface area contributed by atoms with Crippen molar-refractivity contribution >= 4 is 21.7 Å². The van der Waals surface area contributed by atoms with Crippen molar-refractivity contribution < 1.29 is 4.74 Å². The molecule has 0 amide bonds. The van der Waals surface area contributed by atoms with Crippen LogP contribution in [0.4, 0.5) is 5.82 Å². The summed E-state index contributed by atoms with van der Waals surface area (Å²) in [6, 6.07) is 2.03. The number of ether oxygens (including phenoxy) is 1. The number of pyridine rings is 1. The second-order valence-electron chi connectivity index (χ2n) is 3.72. The molecule has 90 valence electrons. The molecule has 5 heteroatoms. The largest absolute Gasteiger partial charge is 0.383 e. The molecular weight excluding hydrogens is 270 g/mol. The van der Waals surface area contributed by atoms with Gasteiger partial charge in [0.25, 0.3) is 0 Å². The number of nitrogens with zero attached hydrogens (tertiary/aromatic N) is 1. The first-order chi connectivity index (χ1) is 7.65. The van der Waals surface area contributed by atoms with Crippen molar-refractivity contribution in [1.82, 2.24) is 4.98 Å². The number of halogens is 1. The summed E-state index contributed by atoms with van der Waals surface area (Å²) in [5.41, 5.74) is 6.98. The van der Waals surface area contributed by atoms with Crippen molar-refractivity contribution in [1.29, 1.82) is 0 Å². The first-order valence-corrected chi connectivity index (χ1v) is 6.04. The molecule has 1 rings (SSSR count). The van der Waals surface area contributed by atoms with Crippen molar-refractivity contribution in [3.05, 3.63) is 22.3 Å². The maximum absolute atomic E-state index is 5.82. The maximum Gasteiger partial charge on any atom is 0.140 e. The Balaban J connectivity index is 2.40. The third kappa shape index (κ3) is 4.08. The standard InChI is InChI=1S/C11H18BrN3O/c1-8-3-5-14-11(10(8)12)15-6-4-9(13)7-16-2/h3,5,9H,4,6-7,13H2,1-2H3,(H,14,15). The number of rotatable bonds is 6. The van der Waals surface area contributed by atoms with E-state index in [0.717, 1.165) is 23.3 Å². The zero-order chi connectivity index (χ0) is 12.0. The van der Waals surface area contributed by atoms with Crippen LogP contribution in [-0.4, -0.2) is 31.3 Å². The van der Waals surface area contributed by atoms with Crippen molar-refractivity contribution in [3.8, 4) is 0 Å². The maximum atomic E-state index is 5.82. The first-order valence-electron chi connectivity index (χ1n) is 5.24. The van der Waals surface area contributed by atoms with Crippen molar-refractivity contribution in [3.63, 3.8) is 0 Å². The summed E-state index contributed by atoms with van der Waals surface area (Å²) in [5, 5.41) is 3.25. The van der Waals surface area contributed by atoms with Crippen molar-refractivity contribution in [2.75, 3.05) is 25.6 Å². The fourth-order valence-corrected chi connectivity index (χ4v) is 1.71. The highest BCUT2D eigenvalue weighted by atomic mass is 79.9. The fourth-order valence-electron chi connectivity index (χ4n) is 1.34. The molecule has 1 unspecified atom stereocenters. The van der Waals surface area contributed by atoms with E-state index in [4.69, 9.17) is 10.5 Å². The predicted molar refractivity (Wildman–Crippen MR) is 69.6 cm³/mol. The molecule has 0 aromatic carbocycles. The lowest BCUT2D eigenvalue weighted by Gasteiger charge is -2.12. The third-order valence-corrected chi connectivity index (χ3v) is 3.27. The second-order valence-corrected chi connectivity index (χ2v) is 4.51. The number of methoxy groups -OCH3 is 1. The number of nitrogens with two attached hydrogens (primary N) is 1. The SMILES string of the molecule is COCC(N)CCNc1nccc(C)c1Br. The Bertz CT molecular complexity index is 333. The van der Waals surface area contributed by atoms with Gasteiger partial charge in [-0.3, -0.25) is 0 Å². The number of aromatic nitrogens is 1. The minimum Gasteiger partial charge on any atom is -0.383 e. The lowest BCUT2D eigenvalue weighted by molar-refractivity contribution is 0.178. The monoisotopic (exact) mass is 287 g/mol. The summed E-state index contributed by atoms with van der Waals surface area (Å²) >= 11 is 3.50. The molecule has 0 aliphatic rings. The van der Waals surface area contributed by atoms with Gasteiger partial charge in [0.05, 0.1) is 11.1 Å². The van der Waals surface area contributed by atoms with Gasteiger partial charge in [0.2, 0.25) is 0 Å². The summed E-state index contributed by atoms with van der Waals surface area (Å²) in [4.78, 5) is 4.25. The smallest absolute Gasteiger partial charge is 0.140 e. The number of nitrogens with one attached hydrogen (secondary N) is 1. The number of hydrogen-bond donors (Lipinski definition) is 2. The van der Waals surface area contributed by atoms with E-state index in [9.17, 15) is 0 Å². The van der Waals surface area contributed by atoms with Crippen LogP contribution in [0.2, 0.25) is 0 Å². The highest BCUT2D eigenvalue weighted by Gasteiger charge is 2.05. The van der Waals surface area contributed by atoms with Gasteiger partial charge in [-0.25, -0.2) is 4.98 Å². The van der Waals surface area contributed by atoms with Gasteiger partial charge in [0, 0.05) is 25.9 Å². The van der Waals surface area contributed by atoms with E-state index in [-0.39, 0.29) is 6.04 Å². The molecule has 0 radical (unpaired) electrons. The molecule has 3 N–H and O–H groups in total. The van der Waals surface area contributed by atoms with Crippen molar-refractivity contribution in [2.45, 2.75) is 19.4 Å². The van der Waals surface area contributed by atoms with Crippen LogP contribution in [0, 0.1) is 6.92 Å². The van der Waals surface area contributed by atoms with Gasteiger partial charge in [-0.05, 0) is 40.9 Å². The molecule has 0 saturated carbocycles. The van der Waals surface area contributed by atoms with Crippen LogP contribution >= 0.6 is 15.9 Å². The van der Waals surface area contributed by atoms with Gasteiger partial charge in [0.15, 0.2) is 0 Å². The quantitative estimate of drug-likeness (QED) is 0.839. The molecule has 1 atom stereocenters. The molecule has 4 nitrogen and oxygen atoms in total. The molecule has 1 aromatic heterocycles. The molecule has 0 saturated heterocycles. The minimum atomic E-state index is 0.0704. The van der Waals surface area contributed by atoms with E-state index in [1.807, 2.05) is 13.0 Å². The van der Waals surface area contributed by atoms with Gasteiger partial charge in [-0.15, -0.1) is 0 Å². The van der Waals surface area contributed by atoms with Crippen molar-refractivity contribution in [2.24, 2.45) is 5.73 Å². The molecule has 0 aliphatic carbocycles. The Kier molecular flexibility index (Phi) is 5.73. The normalized spacial score (nSPS) is 12.5. The zero-order valence-corrected chi connectivity index (χ0v) is 11.3. The average molecular weight is 288 g/mol. The van der Waals surface area contributed by atoms with Gasteiger partial charge in [-0.1, -0.05) is 0 Å². The number of hydrogen-bond acceptors (Lipinski definition) is 4. The topological polar surface area (TPSA) is 60.2 Å². The number of anilines is 1. The summed E-state index contributed by atoms with van der Waals surface area (Å²) in [5.74, 6) is 0.865. The van der Waals surface area contributed by atoms with Crippen LogP contribution in [0.25, 0.3) is 0 Å². The van der Waals surface area contributed by atoms with Gasteiger partial charge in [-0.2, -0.15) is 0 Å². The van der Waals surface area contributed by atoms with E-state index >= 15 is 0 Å². The van der Waals surface area contributed by atoms with E-state index in [1.54, 1.807) is 13.3 Å². The minimum absolute atomic E-state index is 0.0704. The Morgan fingerprint density at radius 1 is 1.62 bits per heavy atom. The fraction of sp³-hybridized carbons (Fsp3) is 0.545. The van der Waals surface area contributed by atoms with Crippen LogP contribution in [-0.2, 0) is 4.74 Å².